The third kappa shape index (κ3) is 3.29. The van der Waals surface area contributed by atoms with Gasteiger partial charge in [0.2, 0.25) is 0 Å². The fraction of sp³-hybridized carbons (Fsp3) is 0.533. The molecule has 1 heterocycles. The second-order valence-corrected chi connectivity index (χ2v) is 4.90. The average molecular weight is 279 g/mol. The molecule has 5 nitrogen and oxygen atoms in total. The summed E-state index contributed by atoms with van der Waals surface area (Å²) in [5.74, 6) is 0.452. The minimum atomic E-state index is -0.505. The van der Waals surface area contributed by atoms with Crippen LogP contribution in [0.15, 0.2) is 24.3 Å². The molecule has 5 heteroatoms. The highest BCUT2D eigenvalue weighted by atomic mass is 16.5. The van der Waals surface area contributed by atoms with E-state index in [4.69, 9.17) is 9.47 Å². The van der Waals surface area contributed by atoms with Crippen molar-refractivity contribution in [3.05, 3.63) is 29.8 Å². The van der Waals surface area contributed by atoms with Crippen molar-refractivity contribution in [2.45, 2.75) is 31.4 Å². The number of nitrogens with one attached hydrogen (secondary N) is 1. The van der Waals surface area contributed by atoms with Gasteiger partial charge in [0.05, 0.1) is 19.8 Å². The van der Waals surface area contributed by atoms with Gasteiger partial charge in [-0.05, 0) is 31.0 Å². The zero-order valence-electron chi connectivity index (χ0n) is 11.8. The van der Waals surface area contributed by atoms with Crippen LogP contribution in [0.2, 0.25) is 0 Å². The Bertz CT molecular complexity index is 446. The molecule has 2 rings (SSSR count). The molecule has 0 saturated carbocycles. The standard InChI is InChI=1S/C15H21NO4/c1-3-20-15(18)13-8-12(14(17)9-16-13)10-4-6-11(19-2)7-5-10/h4-7,12-14,16-17H,3,8-9H2,1-2H3/t12-,13+,14+/m1/s1. The molecule has 2 N–H and O–H groups in total. The molecule has 0 bridgehead atoms. The van der Waals surface area contributed by atoms with E-state index < -0.39 is 6.10 Å². The van der Waals surface area contributed by atoms with Gasteiger partial charge < -0.3 is 19.9 Å². The summed E-state index contributed by atoms with van der Waals surface area (Å²) >= 11 is 0. The van der Waals surface area contributed by atoms with Crippen molar-refractivity contribution >= 4 is 5.97 Å². The number of esters is 1. The van der Waals surface area contributed by atoms with Crippen LogP contribution in [0.4, 0.5) is 0 Å². The molecule has 20 heavy (non-hydrogen) atoms. The number of aliphatic hydroxyl groups is 1. The average Bonchev–Trinajstić information content (AvgIpc) is 2.48. The zero-order valence-corrected chi connectivity index (χ0v) is 11.8. The molecule has 1 aliphatic rings. The number of carbonyl (C=O) groups excluding carboxylic acids is 1. The van der Waals surface area contributed by atoms with E-state index in [9.17, 15) is 9.90 Å². The Morgan fingerprint density at radius 1 is 1.40 bits per heavy atom. The van der Waals surface area contributed by atoms with Gasteiger partial charge in [-0.1, -0.05) is 12.1 Å². The van der Waals surface area contributed by atoms with Gasteiger partial charge in [-0.2, -0.15) is 0 Å². The predicted molar refractivity (Wildman–Crippen MR) is 74.8 cm³/mol. The third-order valence-electron chi connectivity index (χ3n) is 3.64. The molecular formula is C15H21NO4. The van der Waals surface area contributed by atoms with Gasteiger partial charge in [0.25, 0.3) is 0 Å². The lowest BCUT2D eigenvalue weighted by Gasteiger charge is -2.33. The highest BCUT2D eigenvalue weighted by Gasteiger charge is 2.34. The van der Waals surface area contributed by atoms with E-state index in [1.54, 1.807) is 14.0 Å². The maximum Gasteiger partial charge on any atom is 0.323 e. The Labute approximate surface area is 118 Å². The summed E-state index contributed by atoms with van der Waals surface area (Å²) in [6.07, 6.45) is 0.0286. The van der Waals surface area contributed by atoms with E-state index >= 15 is 0 Å². The Kier molecular flexibility index (Phi) is 4.98. The first kappa shape index (κ1) is 14.8. The fourth-order valence-corrected chi connectivity index (χ4v) is 2.53. The summed E-state index contributed by atoms with van der Waals surface area (Å²) in [5.41, 5.74) is 1.01. The molecule has 1 aliphatic heterocycles. The van der Waals surface area contributed by atoms with E-state index in [0.717, 1.165) is 11.3 Å². The van der Waals surface area contributed by atoms with Crippen LogP contribution in [0.25, 0.3) is 0 Å². The Morgan fingerprint density at radius 2 is 2.10 bits per heavy atom. The van der Waals surface area contributed by atoms with Crippen LogP contribution in [0.1, 0.15) is 24.8 Å². The second kappa shape index (κ2) is 6.72. The molecule has 0 unspecified atom stereocenters. The van der Waals surface area contributed by atoms with Gasteiger partial charge in [-0.15, -0.1) is 0 Å². The fourth-order valence-electron chi connectivity index (χ4n) is 2.53. The van der Waals surface area contributed by atoms with Crippen molar-refractivity contribution in [2.75, 3.05) is 20.3 Å². The molecule has 0 aromatic heterocycles. The van der Waals surface area contributed by atoms with Crippen molar-refractivity contribution in [2.24, 2.45) is 0 Å². The summed E-state index contributed by atoms with van der Waals surface area (Å²) in [6, 6.07) is 7.23. The smallest absolute Gasteiger partial charge is 0.323 e. The van der Waals surface area contributed by atoms with E-state index in [2.05, 4.69) is 5.32 Å². The van der Waals surface area contributed by atoms with E-state index in [1.807, 2.05) is 24.3 Å². The molecule has 0 amide bonds. The molecule has 1 fully saturated rings. The second-order valence-electron chi connectivity index (χ2n) is 4.90. The molecule has 1 aromatic carbocycles. The number of hydrogen-bond acceptors (Lipinski definition) is 5. The molecule has 110 valence electrons. The number of methoxy groups -OCH3 is 1. The van der Waals surface area contributed by atoms with Crippen molar-refractivity contribution in [3.63, 3.8) is 0 Å². The SMILES string of the molecule is CCOC(=O)[C@@H]1C[C@H](c2ccc(OC)cc2)[C@@H](O)CN1. The number of benzene rings is 1. The lowest BCUT2D eigenvalue weighted by atomic mass is 9.84. The number of ether oxygens (including phenoxy) is 2. The number of β-amino-alcohol motifs (C(OH)–C–C–N with tert-alkyl or cyclic N) is 1. The third-order valence-corrected chi connectivity index (χ3v) is 3.64. The lowest BCUT2D eigenvalue weighted by molar-refractivity contribution is -0.147. The Hall–Kier alpha value is -1.59. The summed E-state index contributed by atoms with van der Waals surface area (Å²) in [5, 5.41) is 13.2. The van der Waals surface area contributed by atoms with Gasteiger partial charge >= 0.3 is 5.97 Å². The van der Waals surface area contributed by atoms with Crippen LogP contribution < -0.4 is 10.1 Å². The molecule has 0 spiro atoms. The number of rotatable bonds is 4. The minimum absolute atomic E-state index is 0.0726. The van der Waals surface area contributed by atoms with Gasteiger partial charge in [0.1, 0.15) is 11.8 Å². The highest BCUT2D eigenvalue weighted by molar-refractivity contribution is 5.76. The predicted octanol–water partition coefficient (Wildman–Crippen LogP) is 1.06. The lowest BCUT2D eigenvalue weighted by Crippen LogP contribution is -2.50. The number of piperidine rings is 1. The van der Waals surface area contributed by atoms with Crippen LogP contribution in [-0.4, -0.2) is 43.5 Å². The number of carbonyl (C=O) groups is 1. The van der Waals surface area contributed by atoms with Gasteiger partial charge in [0.15, 0.2) is 0 Å². The van der Waals surface area contributed by atoms with Crippen LogP contribution >= 0.6 is 0 Å². The maximum absolute atomic E-state index is 11.8. The van der Waals surface area contributed by atoms with Gasteiger partial charge in [-0.3, -0.25) is 4.79 Å². The Balaban J connectivity index is 2.09. The molecule has 1 saturated heterocycles. The van der Waals surface area contributed by atoms with Crippen LogP contribution in [0.3, 0.4) is 0 Å². The molecule has 0 radical (unpaired) electrons. The molecular weight excluding hydrogens is 258 g/mol. The van der Waals surface area contributed by atoms with Crippen LogP contribution in [-0.2, 0) is 9.53 Å². The van der Waals surface area contributed by atoms with Crippen molar-refractivity contribution in [1.82, 2.24) is 5.32 Å². The van der Waals surface area contributed by atoms with Crippen LogP contribution in [0, 0.1) is 0 Å². The quantitative estimate of drug-likeness (QED) is 0.807. The van der Waals surface area contributed by atoms with Gasteiger partial charge in [-0.25, -0.2) is 0 Å². The molecule has 3 atom stereocenters. The first-order chi connectivity index (χ1) is 9.65. The maximum atomic E-state index is 11.8. The summed E-state index contributed by atoms with van der Waals surface area (Å²) < 4.78 is 10.2. The first-order valence-electron chi connectivity index (χ1n) is 6.87. The molecule has 1 aromatic rings. The van der Waals surface area contributed by atoms with E-state index in [1.165, 1.54) is 0 Å². The first-order valence-corrected chi connectivity index (χ1v) is 6.87. The summed E-state index contributed by atoms with van der Waals surface area (Å²) in [6.45, 7) is 2.55. The van der Waals surface area contributed by atoms with E-state index in [0.29, 0.717) is 19.6 Å². The van der Waals surface area contributed by atoms with Crippen molar-refractivity contribution < 1.29 is 19.4 Å². The molecule has 0 aliphatic carbocycles. The largest absolute Gasteiger partial charge is 0.497 e. The van der Waals surface area contributed by atoms with Crippen LogP contribution in [0.5, 0.6) is 5.75 Å². The summed E-state index contributed by atoms with van der Waals surface area (Å²) in [4.78, 5) is 11.8. The number of hydrogen-bond donors (Lipinski definition) is 2. The number of aliphatic hydroxyl groups excluding tert-OH is 1. The monoisotopic (exact) mass is 279 g/mol. The zero-order chi connectivity index (χ0) is 14.5. The highest BCUT2D eigenvalue weighted by Crippen LogP contribution is 2.29. The summed E-state index contributed by atoms with van der Waals surface area (Å²) in [7, 11) is 1.62. The topological polar surface area (TPSA) is 67.8 Å². The Morgan fingerprint density at radius 3 is 2.70 bits per heavy atom. The van der Waals surface area contributed by atoms with E-state index in [-0.39, 0.29) is 17.9 Å². The van der Waals surface area contributed by atoms with Crippen molar-refractivity contribution in [3.8, 4) is 5.75 Å². The normalized spacial score (nSPS) is 26.1. The van der Waals surface area contributed by atoms with Crippen molar-refractivity contribution in [1.29, 1.82) is 0 Å². The van der Waals surface area contributed by atoms with Gasteiger partial charge in [0, 0.05) is 12.5 Å². The minimum Gasteiger partial charge on any atom is -0.497 e.